The quantitative estimate of drug-likeness (QED) is 0.861. The summed E-state index contributed by atoms with van der Waals surface area (Å²) in [6.07, 6.45) is 0.511. The van der Waals surface area contributed by atoms with E-state index in [9.17, 15) is 13.2 Å². The van der Waals surface area contributed by atoms with Gasteiger partial charge < -0.3 is 4.90 Å². The summed E-state index contributed by atoms with van der Waals surface area (Å²) >= 11 is 1.57. The lowest BCUT2D eigenvalue weighted by Gasteiger charge is -2.23. The van der Waals surface area contributed by atoms with Gasteiger partial charge in [-0.1, -0.05) is 19.9 Å². The van der Waals surface area contributed by atoms with E-state index in [1.807, 2.05) is 24.4 Å². The van der Waals surface area contributed by atoms with E-state index in [1.165, 1.54) is 0 Å². The molecule has 1 fully saturated rings. The zero-order chi connectivity index (χ0) is 14.8. The first-order valence-corrected chi connectivity index (χ1v) is 9.49. The number of rotatable bonds is 6. The normalized spacial score (nSPS) is 23.5. The van der Waals surface area contributed by atoms with Crippen molar-refractivity contribution < 1.29 is 13.2 Å². The lowest BCUT2D eigenvalue weighted by atomic mass is 10.2. The molecule has 2 atom stereocenters. The summed E-state index contributed by atoms with van der Waals surface area (Å²) in [5.74, 6) is 0.135. The third kappa shape index (κ3) is 3.21. The smallest absolute Gasteiger partial charge is 0.241 e. The number of hydrogen-bond donors (Lipinski definition) is 1. The van der Waals surface area contributed by atoms with Crippen LogP contribution in [0.25, 0.3) is 0 Å². The maximum Gasteiger partial charge on any atom is 0.241 e. The molecule has 1 aliphatic rings. The van der Waals surface area contributed by atoms with Gasteiger partial charge in [-0.15, -0.1) is 11.3 Å². The fourth-order valence-electron chi connectivity index (χ4n) is 2.28. The Morgan fingerprint density at radius 1 is 1.40 bits per heavy atom. The van der Waals surface area contributed by atoms with Gasteiger partial charge in [0.25, 0.3) is 0 Å². The summed E-state index contributed by atoms with van der Waals surface area (Å²) in [4.78, 5) is 15.0. The maximum absolute atomic E-state index is 12.3. The highest BCUT2D eigenvalue weighted by Crippen LogP contribution is 2.29. The van der Waals surface area contributed by atoms with E-state index in [0.29, 0.717) is 6.42 Å². The summed E-state index contributed by atoms with van der Waals surface area (Å²) < 4.78 is 23.3. The number of amides is 1. The topological polar surface area (TPSA) is 66.5 Å². The van der Waals surface area contributed by atoms with Crippen LogP contribution in [-0.4, -0.2) is 43.3 Å². The van der Waals surface area contributed by atoms with Gasteiger partial charge in [0.15, 0.2) is 9.84 Å². The van der Waals surface area contributed by atoms with Crippen molar-refractivity contribution in [2.75, 3.05) is 18.1 Å². The van der Waals surface area contributed by atoms with Crippen molar-refractivity contribution in [3.63, 3.8) is 0 Å². The predicted octanol–water partition coefficient (Wildman–Crippen LogP) is 1.39. The van der Waals surface area contributed by atoms with Crippen LogP contribution in [0.4, 0.5) is 0 Å². The van der Waals surface area contributed by atoms with E-state index in [-0.39, 0.29) is 36.2 Å². The molecule has 0 aliphatic carbocycles. The van der Waals surface area contributed by atoms with Crippen LogP contribution in [0.5, 0.6) is 0 Å². The SMILES string of the molecule is CCC1NC(c2cccs2)N(CCS(=O)(=O)CC)C1=O. The lowest BCUT2D eigenvalue weighted by molar-refractivity contribution is -0.129. The second-order valence-corrected chi connectivity index (χ2v) is 8.27. The van der Waals surface area contributed by atoms with E-state index in [2.05, 4.69) is 5.32 Å². The molecule has 0 radical (unpaired) electrons. The molecule has 1 amide bonds. The molecule has 0 spiro atoms. The molecule has 1 aromatic rings. The van der Waals surface area contributed by atoms with Crippen LogP contribution >= 0.6 is 11.3 Å². The first-order valence-electron chi connectivity index (χ1n) is 6.79. The standard InChI is InChI=1S/C13H20N2O3S2/c1-3-10-13(16)15(7-9-20(17,18)4-2)12(14-10)11-6-5-8-19-11/h5-6,8,10,12,14H,3-4,7,9H2,1-2H3. The molecule has 20 heavy (non-hydrogen) atoms. The van der Waals surface area contributed by atoms with Gasteiger partial charge in [0.1, 0.15) is 6.17 Å². The Morgan fingerprint density at radius 3 is 2.70 bits per heavy atom. The maximum atomic E-state index is 12.3. The minimum Gasteiger partial charge on any atom is -0.320 e. The van der Waals surface area contributed by atoms with Crippen LogP contribution in [0.2, 0.25) is 0 Å². The zero-order valence-electron chi connectivity index (χ0n) is 11.7. The number of carbonyl (C=O) groups excluding carboxylic acids is 1. The lowest BCUT2D eigenvalue weighted by Crippen LogP contribution is -2.35. The number of nitrogens with zero attached hydrogens (tertiary/aromatic N) is 1. The van der Waals surface area contributed by atoms with Gasteiger partial charge in [-0.2, -0.15) is 0 Å². The number of thiophene rings is 1. The van der Waals surface area contributed by atoms with Crippen LogP contribution in [0.3, 0.4) is 0 Å². The number of carbonyl (C=O) groups is 1. The van der Waals surface area contributed by atoms with Gasteiger partial charge in [0, 0.05) is 17.2 Å². The van der Waals surface area contributed by atoms with E-state index in [4.69, 9.17) is 0 Å². The molecule has 1 aliphatic heterocycles. The monoisotopic (exact) mass is 316 g/mol. The molecule has 5 nitrogen and oxygen atoms in total. The molecular weight excluding hydrogens is 296 g/mol. The molecule has 2 rings (SSSR count). The van der Waals surface area contributed by atoms with E-state index >= 15 is 0 Å². The average Bonchev–Trinajstić information content (AvgIpc) is 3.04. The van der Waals surface area contributed by atoms with Crippen molar-refractivity contribution in [1.82, 2.24) is 10.2 Å². The molecule has 0 bridgehead atoms. The Morgan fingerprint density at radius 2 is 2.15 bits per heavy atom. The first kappa shape index (κ1) is 15.5. The van der Waals surface area contributed by atoms with Crippen molar-refractivity contribution in [3.8, 4) is 0 Å². The van der Waals surface area contributed by atoms with Crippen LogP contribution in [-0.2, 0) is 14.6 Å². The first-order chi connectivity index (χ1) is 9.48. The molecule has 1 N–H and O–H groups in total. The summed E-state index contributed by atoms with van der Waals surface area (Å²) in [6.45, 7) is 3.83. The fourth-order valence-corrected chi connectivity index (χ4v) is 3.83. The van der Waals surface area contributed by atoms with Crippen molar-refractivity contribution in [2.24, 2.45) is 0 Å². The number of nitrogens with one attached hydrogen (secondary N) is 1. The van der Waals surface area contributed by atoms with Crippen molar-refractivity contribution in [2.45, 2.75) is 32.5 Å². The van der Waals surface area contributed by atoms with Crippen LogP contribution < -0.4 is 5.32 Å². The van der Waals surface area contributed by atoms with Crippen LogP contribution in [0, 0.1) is 0 Å². The summed E-state index contributed by atoms with van der Waals surface area (Å²) in [7, 11) is -3.07. The van der Waals surface area contributed by atoms with Gasteiger partial charge in [-0.25, -0.2) is 8.42 Å². The largest absolute Gasteiger partial charge is 0.320 e. The molecule has 2 heterocycles. The second-order valence-electron chi connectivity index (χ2n) is 4.81. The Bertz CT molecular complexity index is 554. The van der Waals surface area contributed by atoms with Crippen molar-refractivity contribution >= 4 is 27.1 Å². The number of sulfone groups is 1. The molecule has 2 unspecified atom stereocenters. The zero-order valence-corrected chi connectivity index (χ0v) is 13.3. The van der Waals surface area contributed by atoms with Gasteiger partial charge in [0.05, 0.1) is 11.8 Å². The average molecular weight is 316 g/mol. The Kier molecular flexibility index (Phi) is 4.82. The van der Waals surface area contributed by atoms with E-state index in [1.54, 1.807) is 23.2 Å². The van der Waals surface area contributed by atoms with E-state index < -0.39 is 9.84 Å². The highest BCUT2D eigenvalue weighted by Gasteiger charge is 2.39. The fraction of sp³-hybridized carbons (Fsp3) is 0.615. The minimum absolute atomic E-state index is 0.00259. The molecule has 1 aromatic heterocycles. The van der Waals surface area contributed by atoms with Gasteiger partial charge in [0.2, 0.25) is 5.91 Å². The van der Waals surface area contributed by atoms with Crippen LogP contribution in [0.15, 0.2) is 17.5 Å². The summed E-state index contributed by atoms with van der Waals surface area (Å²) in [6, 6.07) is 3.69. The van der Waals surface area contributed by atoms with Gasteiger partial charge >= 0.3 is 0 Å². The third-order valence-corrected chi connectivity index (χ3v) is 6.16. The highest BCUT2D eigenvalue weighted by molar-refractivity contribution is 7.91. The predicted molar refractivity (Wildman–Crippen MR) is 80.3 cm³/mol. The van der Waals surface area contributed by atoms with Crippen LogP contribution in [0.1, 0.15) is 31.3 Å². The number of hydrogen-bond acceptors (Lipinski definition) is 5. The highest BCUT2D eigenvalue weighted by atomic mass is 32.2. The molecule has 7 heteroatoms. The molecule has 1 saturated heterocycles. The third-order valence-electron chi connectivity index (χ3n) is 3.56. The second kappa shape index (κ2) is 6.24. The van der Waals surface area contributed by atoms with Gasteiger partial charge in [-0.3, -0.25) is 10.1 Å². The molecule has 0 saturated carbocycles. The van der Waals surface area contributed by atoms with Crippen molar-refractivity contribution in [3.05, 3.63) is 22.4 Å². The van der Waals surface area contributed by atoms with Crippen molar-refractivity contribution in [1.29, 1.82) is 0 Å². The molecular formula is C13H20N2O3S2. The Balaban J connectivity index is 2.16. The minimum atomic E-state index is -3.07. The van der Waals surface area contributed by atoms with E-state index in [0.717, 1.165) is 4.88 Å². The summed E-state index contributed by atoms with van der Waals surface area (Å²) in [5, 5.41) is 5.25. The summed E-state index contributed by atoms with van der Waals surface area (Å²) in [5.41, 5.74) is 0. The van der Waals surface area contributed by atoms with Gasteiger partial charge in [-0.05, 0) is 17.9 Å². The Labute approximate surface area is 123 Å². The molecule has 0 aromatic carbocycles. The Hall–Kier alpha value is -0.920. The molecule has 112 valence electrons.